The Labute approximate surface area is 202 Å². The first kappa shape index (κ1) is 23.6. The molecular formula is C28H33N3O3. The predicted molar refractivity (Wildman–Crippen MR) is 136 cm³/mol. The first-order chi connectivity index (χ1) is 16.5. The van der Waals surface area contributed by atoms with Gasteiger partial charge in [0.25, 0.3) is 0 Å². The first-order valence-corrected chi connectivity index (χ1v) is 12.0. The minimum Gasteiger partial charge on any atom is -0.495 e. The Morgan fingerprint density at radius 2 is 1.29 bits per heavy atom. The number of anilines is 2. The number of carbonyl (C=O) groups excluding carboxylic acids is 1. The van der Waals surface area contributed by atoms with Crippen LogP contribution in [0.25, 0.3) is 0 Å². The smallest absolute Gasteiger partial charge is 0.358 e. The van der Waals surface area contributed by atoms with Crippen LogP contribution in [0.5, 0.6) is 5.75 Å². The third-order valence-corrected chi connectivity index (χ3v) is 6.72. The van der Waals surface area contributed by atoms with Gasteiger partial charge in [-0.3, -0.25) is 0 Å². The molecule has 1 aromatic heterocycles. The summed E-state index contributed by atoms with van der Waals surface area (Å²) >= 11 is 0. The summed E-state index contributed by atoms with van der Waals surface area (Å²) in [5.74, 6) is 0.152. The van der Waals surface area contributed by atoms with Crippen molar-refractivity contribution < 1.29 is 14.3 Å². The second kappa shape index (κ2) is 9.75. The number of methoxy groups -OCH3 is 1. The van der Waals surface area contributed by atoms with E-state index < -0.39 is 11.6 Å². The van der Waals surface area contributed by atoms with Crippen LogP contribution < -0.4 is 14.5 Å². The number of hydrogen-bond donors (Lipinski definition) is 0. The van der Waals surface area contributed by atoms with Crippen LogP contribution in [0.4, 0.5) is 11.4 Å². The summed E-state index contributed by atoms with van der Waals surface area (Å²) in [6.07, 6.45) is 1.56. The van der Waals surface area contributed by atoms with Gasteiger partial charge in [0.1, 0.15) is 5.75 Å². The van der Waals surface area contributed by atoms with Gasteiger partial charge in [0.05, 0.1) is 13.3 Å². The number of rotatable bonds is 9. The van der Waals surface area contributed by atoms with Gasteiger partial charge in [-0.2, -0.15) is 0 Å². The number of carbonyl (C=O) groups is 1. The number of aromatic nitrogens is 1. The van der Waals surface area contributed by atoms with E-state index >= 15 is 0 Å². The lowest BCUT2D eigenvalue weighted by Gasteiger charge is -2.31. The maximum Gasteiger partial charge on any atom is 0.358 e. The minimum atomic E-state index is -1.10. The zero-order chi connectivity index (χ0) is 24.3. The van der Waals surface area contributed by atoms with E-state index in [1.807, 2.05) is 30.3 Å². The molecule has 4 rings (SSSR count). The average molecular weight is 460 g/mol. The van der Waals surface area contributed by atoms with E-state index in [0.717, 1.165) is 48.7 Å². The van der Waals surface area contributed by atoms with Crippen molar-refractivity contribution in [2.24, 2.45) is 0 Å². The van der Waals surface area contributed by atoms with Crippen molar-refractivity contribution in [2.75, 3.05) is 43.1 Å². The number of ether oxygens (including phenoxy) is 2. The molecule has 3 aromatic rings. The molecule has 0 bridgehead atoms. The second-order valence-corrected chi connectivity index (χ2v) is 8.28. The van der Waals surface area contributed by atoms with E-state index in [4.69, 9.17) is 9.47 Å². The molecule has 0 N–H and O–H groups in total. The molecule has 0 saturated carbocycles. The third-order valence-electron chi connectivity index (χ3n) is 6.72. The molecule has 178 valence electrons. The lowest BCUT2D eigenvalue weighted by atomic mass is 9.80. The van der Waals surface area contributed by atoms with Crippen molar-refractivity contribution in [1.82, 2.24) is 4.98 Å². The Morgan fingerprint density at radius 3 is 1.71 bits per heavy atom. The van der Waals surface area contributed by atoms with Gasteiger partial charge in [-0.25, -0.2) is 9.78 Å². The standard InChI is InChI=1S/C28H33N3O3/c1-6-30(7-2)22-14-10-20(11-15-22)28(21-12-16-23(17-13-21)31(8-3)9-4)25-18-24(33-5)19-29-26(25)27(32)34-28/h10-19H,6-9H2,1-5H3. The highest BCUT2D eigenvalue weighted by Gasteiger charge is 2.50. The van der Waals surface area contributed by atoms with Crippen LogP contribution in [-0.4, -0.2) is 44.2 Å². The molecule has 0 unspecified atom stereocenters. The van der Waals surface area contributed by atoms with E-state index in [0.29, 0.717) is 17.0 Å². The van der Waals surface area contributed by atoms with E-state index in [2.05, 4.69) is 66.7 Å². The number of fused-ring (bicyclic) bond motifs is 1. The fourth-order valence-corrected chi connectivity index (χ4v) is 4.82. The Bertz CT molecular complexity index is 1080. The van der Waals surface area contributed by atoms with Crippen molar-refractivity contribution in [2.45, 2.75) is 33.3 Å². The lowest BCUT2D eigenvalue weighted by molar-refractivity contribution is 0.0248. The van der Waals surface area contributed by atoms with Crippen LogP contribution in [0.3, 0.4) is 0 Å². The summed E-state index contributed by atoms with van der Waals surface area (Å²) in [5, 5.41) is 0. The molecule has 2 heterocycles. The molecule has 6 heteroatoms. The highest BCUT2D eigenvalue weighted by Crippen LogP contribution is 2.47. The van der Waals surface area contributed by atoms with Gasteiger partial charge < -0.3 is 19.3 Å². The van der Waals surface area contributed by atoms with Crippen molar-refractivity contribution in [3.05, 3.63) is 83.2 Å². The summed E-state index contributed by atoms with van der Waals surface area (Å²) in [5.41, 5.74) is 3.94. The Hall–Kier alpha value is -3.54. The maximum atomic E-state index is 13.0. The fourth-order valence-electron chi connectivity index (χ4n) is 4.82. The molecule has 0 fully saturated rings. The Kier molecular flexibility index (Phi) is 6.77. The van der Waals surface area contributed by atoms with Gasteiger partial charge in [-0.05, 0) is 58.0 Å². The first-order valence-electron chi connectivity index (χ1n) is 12.0. The molecule has 2 aromatic carbocycles. The van der Waals surface area contributed by atoms with Crippen molar-refractivity contribution >= 4 is 17.3 Å². The molecule has 34 heavy (non-hydrogen) atoms. The number of cyclic esters (lactones) is 1. The van der Waals surface area contributed by atoms with Crippen LogP contribution in [0.2, 0.25) is 0 Å². The monoisotopic (exact) mass is 459 g/mol. The largest absolute Gasteiger partial charge is 0.495 e. The van der Waals surface area contributed by atoms with Crippen LogP contribution >= 0.6 is 0 Å². The lowest BCUT2D eigenvalue weighted by Crippen LogP contribution is -2.30. The van der Waals surface area contributed by atoms with E-state index in [1.165, 1.54) is 0 Å². The number of nitrogens with zero attached hydrogens (tertiary/aromatic N) is 3. The number of benzene rings is 2. The Balaban J connectivity index is 1.90. The van der Waals surface area contributed by atoms with Crippen LogP contribution in [0.1, 0.15) is 54.9 Å². The van der Waals surface area contributed by atoms with Crippen molar-refractivity contribution in [3.63, 3.8) is 0 Å². The normalized spacial score (nSPS) is 13.9. The molecule has 6 nitrogen and oxygen atoms in total. The highest BCUT2D eigenvalue weighted by atomic mass is 16.6. The number of hydrogen-bond acceptors (Lipinski definition) is 6. The van der Waals surface area contributed by atoms with Gasteiger partial charge >= 0.3 is 5.97 Å². The molecule has 0 amide bonds. The quantitative estimate of drug-likeness (QED) is 0.408. The summed E-state index contributed by atoms with van der Waals surface area (Å²) in [7, 11) is 1.60. The van der Waals surface area contributed by atoms with E-state index in [1.54, 1.807) is 13.3 Å². The maximum absolute atomic E-state index is 13.0. The molecule has 1 aliphatic rings. The average Bonchev–Trinajstić information content (AvgIpc) is 3.19. The predicted octanol–water partition coefficient (Wildman–Crippen LogP) is 5.24. The van der Waals surface area contributed by atoms with Crippen LogP contribution in [0, 0.1) is 0 Å². The number of pyridine rings is 1. The zero-order valence-electron chi connectivity index (χ0n) is 20.7. The molecule has 0 aliphatic carbocycles. The molecule has 0 radical (unpaired) electrons. The molecule has 0 atom stereocenters. The molecular weight excluding hydrogens is 426 g/mol. The van der Waals surface area contributed by atoms with Crippen molar-refractivity contribution in [3.8, 4) is 5.75 Å². The Morgan fingerprint density at radius 1 is 0.824 bits per heavy atom. The van der Waals surface area contributed by atoms with Crippen LogP contribution in [0.15, 0.2) is 60.8 Å². The summed E-state index contributed by atoms with van der Waals surface area (Å²) in [6, 6.07) is 18.4. The third kappa shape index (κ3) is 3.87. The molecule has 1 aliphatic heterocycles. The summed E-state index contributed by atoms with van der Waals surface area (Å²) < 4.78 is 11.7. The van der Waals surface area contributed by atoms with Gasteiger partial charge in [0.15, 0.2) is 11.3 Å². The topological polar surface area (TPSA) is 54.9 Å². The summed E-state index contributed by atoms with van der Waals surface area (Å²) in [4.78, 5) is 22.0. The van der Waals surface area contributed by atoms with Crippen molar-refractivity contribution in [1.29, 1.82) is 0 Å². The highest BCUT2D eigenvalue weighted by molar-refractivity contribution is 5.94. The van der Waals surface area contributed by atoms with E-state index in [-0.39, 0.29) is 0 Å². The number of esters is 1. The fraction of sp³-hybridized carbons (Fsp3) is 0.357. The van der Waals surface area contributed by atoms with Gasteiger partial charge in [-0.15, -0.1) is 0 Å². The zero-order valence-corrected chi connectivity index (χ0v) is 20.7. The minimum absolute atomic E-state index is 0.321. The summed E-state index contributed by atoms with van der Waals surface area (Å²) in [6.45, 7) is 12.3. The van der Waals surface area contributed by atoms with Gasteiger partial charge in [0.2, 0.25) is 0 Å². The van der Waals surface area contributed by atoms with Gasteiger partial charge in [0, 0.05) is 54.2 Å². The SMILES string of the molecule is CCN(CC)c1ccc(C2(c3ccc(N(CC)CC)cc3)OC(=O)c3ncc(OC)cc32)cc1. The molecule has 0 spiro atoms. The second-order valence-electron chi connectivity index (χ2n) is 8.28. The van der Waals surface area contributed by atoms with Crippen LogP contribution in [-0.2, 0) is 10.3 Å². The van der Waals surface area contributed by atoms with E-state index in [9.17, 15) is 4.79 Å². The molecule has 0 saturated heterocycles. The van der Waals surface area contributed by atoms with Gasteiger partial charge in [-0.1, -0.05) is 24.3 Å².